The van der Waals surface area contributed by atoms with E-state index in [2.05, 4.69) is 15.4 Å². The van der Waals surface area contributed by atoms with E-state index in [1.165, 1.54) is 36.4 Å². The summed E-state index contributed by atoms with van der Waals surface area (Å²) in [5.74, 6) is -1.95. The van der Waals surface area contributed by atoms with Gasteiger partial charge in [0.05, 0.1) is 4.90 Å². The maximum atomic E-state index is 13.3. The van der Waals surface area contributed by atoms with Crippen molar-refractivity contribution in [2.24, 2.45) is 0 Å². The number of rotatable bonds is 7. The summed E-state index contributed by atoms with van der Waals surface area (Å²) in [4.78, 5) is 12.3. The number of nitrogens with one attached hydrogen (secondary N) is 3. The molecule has 4 aromatic carbocycles. The molecule has 9 heteroatoms. The van der Waals surface area contributed by atoms with E-state index in [9.17, 15) is 22.0 Å². The average Bonchev–Trinajstić information content (AvgIpc) is 2.86. The van der Waals surface area contributed by atoms with E-state index >= 15 is 0 Å². The first-order chi connectivity index (χ1) is 16.8. The van der Waals surface area contributed by atoms with Crippen LogP contribution in [-0.4, -0.2) is 14.4 Å². The lowest BCUT2D eigenvalue weighted by atomic mass is 10.1. The molecule has 0 saturated heterocycles. The van der Waals surface area contributed by atoms with Crippen LogP contribution in [0.1, 0.15) is 5.56 Å². The predicted octanol–water partition coefficient (Wildman–Crippen LogP) is 5.75. The van der Waals surface area contributed by atoms with Gasteiger partial charge in [-0.1, -0.05) is 54.6 Å². The summed E-state index contributed by atoms with van der Waals surface area (Å²) >= 11 is 0. The number of carbonyl (C=O) groups is 1. The summed E-state index contributed by atoms with van der Waals surface area (Å²) in [6.07, 6.45) is 0. The number of benzene rings is 4. The molecule has 6 nitrogen and oxygen atoms in total. The molecule has 0 aliphatic carbocycles. The van der Waals surface area contributed by atoms with Crippen LogP contribution >= 0.6 is 0 Å². The fourth-order valence-electron chi connectivity index (χ4n) is 3.40. The van der Waals surface area contributed by atoms with E-state index in [0.29, 0.717) is 22.5 Å². The molecule has 35 heavy (non-hydrogen) atoms. The van der Waals surface area contributed by atoms with Gasteiger partial charge in [-0.15, -0.1) is 0 Å². The molecule has 0 heterocycles. The van der Waals surface area contributed by atoms with E-state index in [1.54, 1.807) is 18.2 Å². The van der Waals surface area contributed by atoms with Crippen LogP contribution in [0.2, 0.25) is 0 Å². The Bertz CT molecular complexity index is 1440. The van der Waals surface area contributed by atoms with Crippen molar-refractivity contribution in [1.29, 1.82) is 0 Å². The molecule has 0 fully saturated rings. The summed E-state index contributed by atoms with van der Waals surface area (Å²) in [6, 6.07) is 24.9. The van der Waals surface area contributed by atoms with Crippen molar-refractivity contribution in [3.05, 3.63) is 114 Å². The second-order valence-electron chi connectivity index (χ2n) is 7.60. The van der Waals surface area contributed by atoms with Crippen LogP contribution in [0, 0.1) is 11.6 Å². The van der Waals surface area contributed by atoms with Gasteiger partial charge >= 0.3 is 6.03 Å². The van der Waals surface area contributed by atoms with Crippen molar-refractivity contribution in [3.63, 3.8) is 0 Å². The van der Waals surface area contributed by atoms with Gasteiger partial charge in [-0.05, 0) is 53.6 Å². The van der Waals surface area contributed by atoms with Crippen molar-refractivity contribution >= 4 is 27.4 Å². The van der Waals surface area contributed by atoms with Crippen molar-refractivity contribution in [2.45, 2.75) is 11.4 Å². The molecule has 2 amide bonds. The van der Waals surface area contributed by atoms with Crippen LogP contribution in [0.25, 0.3) is 11.1 Å². The van der Waals surface area contributed by atoms with Crippen LogP contribution in [0.3, 0.4) is 0 Å². The Labute approximate surface area is 201 Å². The number of anilines is 2. The smallest absolute Gasteiger partial charge is 0.319 e. The first kappa shape index (κ1) is 23.9. The highest BCUT2D eigenvalue weighted by molar-refractivity contribution is 7.92. The second-order valence-corrected chi connectivity index (χ2v) is 9.25. The highest BCUT2D eigenvalue weighted by Gasteiger charge is 2.19. The van der Waals surface area contributed by atoms with Gasteiger partial charge in [-0.25, -0.2) is 22.0 Å². The zero-order valence-electron chi connectivity index (χ0n) is 18.3. The summed E-state index contributed by atoms with van der Waals surface area (Å²) < 4.78 is 55.0. The van der Waals surface area contributed by atoms with Gasteiger partial charge in [0.25, 0.3) is 10.0 Å². The van der Waals surface area contributed by atoms with Crippen molar-refractivity contribution in [3.8, 4) is 11.1 Å². The Balaban J connectivity index is 1.40. The number of hydrogen-bond donors (Lipinski definition) is 3. The molecule has 0 aliphatic rings. The van der Waals surface area contributed by atoms with Crippen LogP contribution in [0.15, 0.2) is 102 Å². The van der Waals surface area contributed by atoms with E-state index < -0.39 is 27.7 Å². The van der Waals surface area contributed by atoms with Crippen LogP contribution < -0.4 is 15.4 Å². The molecular formula is C26H21F2N3O3S. The molecule has 4 rings (SSSR count). The molecule has 0 aliphatic heterocycles. The Kier molecular flexibility index (Phi) is 7.07. The number of amides is 2. The van der Waals surface area contributed by atoms with Gasteiger partial charge in [0.15, 0.2) is 11.6 Å². The molecule has 0 saturated carbocycles. The van der Waals surface area contributed by atoms with E-state index in [4.69, 9.17) is 0 Å². The minimum absolute atomic E-state index is 0.00173. The monoisotopic (exact) mass is 493 g/mol. The third kappa shape index (κ3) is 6.01. The van der Waals surface area contributed by atoms with E-state index in [-0.39, 0.29) is 11.4 Å². The lowest BCUT2D eigenvalue weighted by Gasteiger charge is -2.13. The van der Waals surface area contributed by atoms with Gasteiger partial charge < -0.3 is 10.6 Å². The van der Waals surface area contributed by atoms with Crippen LogP contribution in [0.4, 0.5) is 25.0 Å². The quantitative estimate of drug-likeness (QED) is 0.306. The van der Waals surface area contributed by atoms with Gasteiger partial charge in [0.1, 0.15) is 0 Å². The second kappa shape index (κ2) is 10.4. The fraction of sp³-hybridized carbons (Fsp3) is 0.0385. The molecule has 178 valence electrons. The van der Waals surface area contributed by atoms with E-state index in [1.807, 2.05) is 30.3 Å². The number of sulfonamides is 1. The zero-order chi connectivity index (χ0) is 24.8. The van der Waals surface area contributed by atoms with Crippen molar-refractivity contribution in [2.75, 3.05) is 10.0 Å². The lowest BCUT2D eigenvalue weighted by molar-refractivity contribution is 0.251. The molecule has 4 aromatic rings. The minimum atomic E-state index is -3.88. The average molecular weight is 494 g/mol. The molecule has 0 atom stereocenters. The highest BCUT2D eigenvalue weighted by atomic mass is 32.2. The molecule has 0 spiro atoms. The summed E-state index contributed by atoms with van der Waals surface area (Å²) in [5, 5.41) is 5.14. The van der Waals surface area contributed by atoms with Crippen LogP contribution in [0.5, 0.6) is 0 Å². The van der Waals surface area contributed by atoms with E-state index in [0.717, 1.165) is 17.7 Å². The fourth-order valence-corrected chi connectivity index (χ4v) is 4.69. The SMILES string of the molecule is O=C(NCc1ccc(F)c(F)c1)Nc1ccc(NS(=O)(=O)c2ccccc2-c2ccccc2)cc1. The Morgan fingerprint density at radius 2 is 1.40 bits per heavy atom. The summed E-state index contributed by atoms with van der Waals surface area (Å²) in [7, 11) is -3.88. The maximum Gasteiger partial charge on any atom is 0.319 e. The zero-order valence-corrected chi connectivity index (χ0v) is 19.2. The summed E-state index contributed by atoms with van der Waals surface area (Å²) in [5.41, 5.74) is 2.50. The van der Waals surface area contributed by atoms with Crippen molar-refractivity contribution < 1.29 is 22.0 Å². The number of urea groups is 1. The first-order valence-corrected chi connectivity index (χ1v) is 12.1. The maximum absolute atomic E-state index is 13.3. The molecule has 0 unspecified atom stereocenters. The first-order valence-electron chi connectivity index (χ1n) is 10.6. The van der Waals surface area contributed by atoms with Gasteiger partial charge in [-0.2, -0.15) is 0 Å². The molecule has 0 bridgehead atoms. The molecule has 3 N–H and O–H groups in total. The normalized spacial score (nSPS) is 11.0. The largest absolute Gasteiger partial charge is 0.334 e. The number of halogens is 2. The summed E-state index contributed by atoms with van der Waals surface area (Å²) in [6.45, 7) is 0.00173. The van der Waals surface area contributed by atoms with Gasteiger partial charge in [0.2, 0.25) is 0 Å². The number of hydrogen-bond acceptors (Lipinski definition) is 3. The molecule has 0 aromatic heterocycles. The minimum Gasteiger partial charge on any atom is -0.334 e. The lowest BCUT2D eigenvalue weighted by Crippen LogP contribution is -2.28. The van der Waals surface area contributed by atoms with Crippen LogP contribution in [-0.2, 0) is 16.6 Å². The van der Waals surface area contributed by atoms with Gasteiger partial charge in [0, 0.05) is 23.5 Å². The van der Waals surface area contributed by atoms with Gasteiger partial charge in [-0.3, -0.25) is 4.72 Å². The predicted molar refractivity (Wildman–Crippen MR) is 131 cm³/mol. The topological polar surface area (TPSA) is 87.3 Å². The number of carbonyl (C=O) groups excluding carboxylic acids is 1. The Morgan fingerprint density at radius 1 is 0.743 bits per heavy atom. The van der Waals surface area contributed by atoms with Crippen molar-refractivity contribution in [1.82, 2.24) is 5.32 Å². The molecular weight excluding hydrogens is 472 g/mol. The highest BCUT2D eigenvalue weighted by Crippen LogP contribution is 2.28. The Morgan fingerprint density at radius 3 is 2.11 bits per heavy atom. The third-order valence-electron chi connectivity index (χ3n) is 5.09. The Hall–Kier alpha value is -4.24. The standard InChI is InChI=1S/C26H21F2N3O3S/c27-23-15-10-18(16-24(23)28)17-29-26(32)30-20-11-13-21(14-12-20)31-35(33,34)25-9-5-4-8-22(25)19-6-2-1-3-7-19/h1-16,31H,17H2,(H2,29,30,32). The third-order valence-corrected chi connectivity index (χ3v) is 6.53. The molecule has 0 radical (unpaired) electrons.